The maximum atomic E-state index is 11.7. The Morgan fingerprint density at radius 2 is 2.21 bits per heavy atom. The molecular formula is C17H19BN2O4. The van der Waals surface area contributed by atoms with Crippen LogP contribution in [-0.2, 0) is 9.53 Å². The van der Waals surface area contributed by atoms with Crippen molar-refractivity contribution in [2.75, 3.05) is 7.11 Å². The second-order valence-corrected chi connectivity index (χ2v) is 6.44. The molecule has 7 heteroatoms. The summed E-state index contributed by atoms with van der Waals surface area (Å²) in [5, 5.41) is 11.1. The van der Waals surface area contributed by atoms with Gasteiger partial charge in [-0.15, -0.1) is 0 Å². The first kappa shape index (κ1) is 15.3. The highest BCUT2D eigenvalue weighted by molar-refractivity contribution is 6.52. The molecule has 1 aliphatic heterocycles. The van der Waals surface area contributed by atoms with Crippen molar-refractivity contribution in [2.24, 2.45) is 11.8 Å². The maximum Gasteiger partial charge on any atom is 0.552 e. The molecule has 0 atom stereocenters. The Labute approximate surface area is 140 Å². The number of aromatic amines is 1. The predicted molar refractivity (Wildman–Crippen MR) is 90.1 cm³/mol. The third kappa shape index (κ3) is 2.49. The van der Waals surface area contributed by atoms with Gasteiger partial charge in [0.2, 0.25) is 0 Å². The molecule has 4 rings (SSSR count). The number of pyridine rings is 1. The zero-order valence-electron chi connectivity index (χ0n) is 13.5. The number of nitrogens with zero attached hydrogens (tertiary/aromatic N) is 1. The van der Waals surface area contributed by atoms with Crippen LogP contribution in [0.2, 0.25) is 0 Å². The number of H-pyrrole nitrogens is 1. The van der Waals surface area contributed by atoms with E-state index in [0.29, 0.717) is 11.7 Å². The number of carbonyl (C=O) groups is 1. The lowest BCUT2D eigenvalue weighted by Gasteiger charge is -2.32. The van der Waals surface area contributed by atoms with Gasteiger partial charge in [0.1, 0.15) is 11.4 Å². The topological polar surface area (TPSA) is 84.4 Å². The Morgan fingerprint density at radius 3 is 2.96 bits per heavy atom. The minimum absolute atomic E-state index is 0.0131. The van der Waals surface area contributed by atoms with Crippen LogP contribution in [0.25, 0.3) is 16.6 Å². The Hall–Kier alpha value is -2.28. The van der Waals surface area contributed by atoms with E-state index in [1.165, 1.54) is 7.11 Å². The average molecular weight is 326 g/mol. The Bertz CT molecular complexity index is 808. The van der Waals surface area contributed by atoms with Crippen LogP contribution >= 0.6 is 0 Å². The molecule has 0 aromatic carbocycles. The van der Waals surface area contributed by atoms with Gasteiger partial charge < -0.3 is 19.4 Å². The summed E-state index contributed by atoms with van der Waals surface area (Å²) in [6, 6.07) is 1.98. The Kier molecular flexibility index (Phi) is 3.80. The minimum Gasteiger partial charge on any atom is -0.531 e. The summed E-state index contributed by atoms with van der Waals surface area (Å²) in [4.78, 5) is 19.2. The van der Waals surface area contributed by atoms with E-state index in [-0.39, 0.29) is 11.9 Å². The van der Waals surface area contributed by atoms with Gasteiger partial charge in [0.15, 0.2) is 0 Å². The summed E-state index contributed by atoms with van der Waals surface area (Å²) in [5.74, 6) is 2.57. The van der Waals surface area contributed by atoms with Crippen molar-refractivity contribution in [3.8, 4) is 5.75 Å². The van der Waals surface area contributed by atoms with Crippen LogP contribution in [0, 0.1) is 11.8 Å². The van der Waals surface area contributed by atoms with Crippen LogP contribution in [0.5, 0.6) is 5.75 Å². The number of allylic oxidation sites excluding steroid dienone is 1. The third-order valence-electron chi connectivity index (χ3n) is 5.11. The molecule has 1 saturated carbocycles. The molecule has 24 heavy (non-hydrogen) atoms. The zero-order chi connectivity index (χ0) is 16.7. The molecular weight excluding hydrogens is 307 g/mol. The van der Waals surface area contributed by atoms with Gasteiger partial charge in [0.05, 0.1) is 19.2 Å². The first-order valence-corrected chi connectivity index (χ1v) is 8.28. The number of esters is 1. The number of nitrogens with one attached hydrogen (secondary N) is 1. The molecule has 0 saturated heterocycles. The lowest BCUT2D eigenvalue weighted by molar-refractivity contribution is -0.146. The zero-order valence-corrected chi connectivity index (χ0v) is 13.5. The fraction of sp³-hybridized carbons (Fsp3) is 0.412. The van der Waals surface area contributed by atoms with E-state index in [2.05, 4.69) is 9.97 Å². The van der Waals surface area contributed by atoms with Gasteiger partial charge in [-0.05, 0) is 49.2 Å². The Balaban J connectivity index is 1.67. The number of carbonyl (C=O) groups excluding carboxylic acids is 1. The van der Waals surface area contributed by atoms with Crippen LogP contribution in [0.1, 0.15) is 31.2 Å². The van der Waals surface area contributed by atoms with E-state index in [1.54, 1.807) is 12.2 Å². The molecule has 6 nitrogen and oxygen atoms in total. The molecule has 124 valence electrons. The molecule has 1 aliphatic carbocycles. The summed E-state index contributed by atoms with van der Waals surface area (Å²) in [6.07, 6.45) is 6.92. The van der Waals surface area contributed by atoms with E-state index < -0.39 is 7.12 Å². The molecule has 1 fully saturated rings. The van der Waals surface area contributed by atoms with Crippen molar-refractivity contribution in [2.45, 2.75) is 25.7 Å². The van der Waals surface area contributed by atoms with Gasteiger partial charge in [0, 0.05) is 17.1 Å². The molecule has 0 spiro atoms. The summed E-state index contributed by atoms with van der Waals surface area (Å²) in [7, 11) is 0.488. The Morgan fingerprint density at radius 1 is 1.42 bits per heavy atom. The standard InChI is InChI=1S/C17H19BN2O4/c1-23-17(21)11-4-2-10(3-5-11)13-8-18(22)24-14-9-20-16-12(15(13)14)6-7-19-16/h6-11,22H,2-5H2,1H3,(H,19,20)/t10-,11-. The van der Waals surface area contributed by atoms with Crippen molar-refractivity contribution < 1.29 is 19.2 Å². The highest BCUT2D eigenvalue weighted by Gasteiger charge is 2.34. The largest absolute Gasteiger partial charge is 0.552 e. The number of hydrogen-bond donors (Lipinski definition) is 2. The predicted octanol–water partition coefficient (Wildman–Crippen LogP) is 2.34. The number of fused-ring (bicyclic) bond motifs is 3. The smallest absolute Gasteiger partial charge is 0.531 e. The van der Waals surface area contributed by atoms with Crippen molar-refractivity contribution in [3.63, 3.8) is 0 Å². The fourth-order valence-corrected chi connectivity index (χ4v) is 3.92. The first-order valence-electron chi connectivity index (χ1n) is 8.28. The summed E-state index contributed by atoms with van der Waals surface area (Å²) >= 11 is 0. The second-order valence-electron chi connectivity index (χ2n) is 6.44. The molecule has 0 radical (unpaired) electrons. The molecule has 3 heterocycles. The van der Waals surface area contributed by atoms with Gasteiger partial charge in [-0.3, -0.25) is 4.79 Å². The minimum atomic E-state index is -0.955. The van der Waals surface area contributed by atoms with E-state index in [4.69, 9.17) is 9.39 Å². The normalized spacial score (nSPS) is 23.4. The fourth-order valence-electron chi connectivity index (χ4n) is 3.92. The summed E-state index contributed by atoms with van der Waals surface area (Å²) in [5.41, 5.74) is 2.91. The van der Waals surface area contributed by atoms with Crippen LogP contribution < -0.4 is 4.65 Å². The van der Waals surface area contributed by atoms with Crippen molar-refractivity contribution >= 4 is 29.7 Å². The molecule has 0 unspecified atom stereocenters. The average Bonchev–Trinajstić information content (AvgIpc) is 3.09. The van der Waals surface area contributed by atoms with E-state index in [9.17, 15) is 9.82 Å². The van der Waals surface area contributed by atoms with E-state index in [0.717, 1.165) is 47.9 Å². The highest BCUT2D eigenvalue weighted by Crippen LogP contribution is 2.44. The molecule has 2 aliphatic rings. The maximum absolute atomic E-state index is 11.7. The quantitative estimate of drug-likeness (QED) is 0.654. The van der Waals surface area contributed by atoms with Gasteiger partial charge in [-0.1, -0.05) is 0 Å². The van der Waals surface area contributed by atoms with Crippen molar-refractivity contribution in [1.29, 1.82) is 0 Å². The van der Waals surface area contributed by atoms with Crippen LogP contribution in [0.4, 0.5) is 0 Å². The summed E-state index contributed by atoms with van der Waals surface area (Å²) < 4.78 is 10.4. The monoisotopic (exact) mass is 326 g/mol. The SMILES string of the molecule is COC(=O)[C@H]1CC[C@H](C2=CB(O)Oc3cnc4[nH]ccc4c32)CC1. The third-order valence-corrected chi connectivity index (χ3v) is 5.11. The molecule has 0 amide bonds. The number of hydrogen-bond acceptors (Lipinski definition) is 5. The molecule has 0 bridgehead atoms. The van der Waals surface area contributed by atoms with Crippen LogP contribution in [0.15, 0.2) is 24.4 Å². The number of rotatable bonds is 2. The van der Waals surface area contributed by atoms with Crippen LogP contribution in [-0.4, -0.2) is 35.2 Å². The molecule has 2 N–H and O–H groups in total. The van der Waals surface area contributed by atoms with Gasteiger partial charge in [0.25, 0.3) is 0 Å². The van der Waals surface area contributed by atoms with Crippen molar-refractivity contribution in [3.05, 3.63) is 30.0 Å². The highest BCUT2D eigenvalue weighted by atomic mass is 16.5. The van der Waals surface area contributed by atoms with Crippen LogP contribution in [0.3, 0.4) is 0 Å². The molecule has 2 aromatic rings. The second kappa shape index (κ2) is 5.98. The lowest BCUT2D eigenvalue weighted by atomic mass is 9.71. The number of methoxy groups -OCH3 is 1. The first-order chi connectivity index (χ1) is 11.7. The summed E-state index contributed by atoms with van der Waals surface area (Å²) in [6.45, 7) is 0. The van der Waals surface area contributed by atoms with E-state index in [1.807, 2.05) is 12.3 Å². The lowest BCUT2D eigenvalue weighted by Crippen LogP contribution is -2.28. The number of aromatic nitrogens is 2. The number of ether oxygens (including phenoxy) is 1. The van der Waals surface area contributed by atoms with Gasteiger partial charge in [-0.25, -0.2) is 4.98 Å². The van der Waals surface area contributed by atoms with Gasteiger partial charge >= 0.3 is 13.1 Å². The van der Waals surface area contributed by atoms with E-state index >= 15 is 0 Å². The van der Waals surface area contributed by atoms with Crippen molar-refractivity contribution in [1.82, 2.24) is 9.97 Å². The molecule has 2 aromatic heterocycles. The van der Waals surface area contributed by atoms with Gasteiger partial charge in [-0.2, -0.15) is 0 Å².